The number of nitrogens with one attached hydrogen (secondary N) is 6. The summed E-state index contributed by atoms with van der Waals surface area (Å²) in [5, 5.41) is 56.5. The van der Waals surface area contributed by atoms with Gasteiger partial charge in [0.15, 0.2) is 49.2 Å². The lowest BCUT2D eigenvalue weighted by molar-refractivity contribution is -0.145. The van der Waals surface area contributed by atoms with Crippen molar-refractivity contribution in [2.24, 2.45) is 20.0 Å². The van der Waals surface area contributed by atoms with Gasteiger partial charge >= 0.3 is 41.8 Å². The number of ketones is 1. The van der Waals surface area contributed by atoms with Gasteiger partial charge in [-0.15, -0.1) is 45.3 Å². The standard InChI is InChI=1S/C26H29BrFN5O6S.C26H30BrFN4O4S.C24H25BrFN5O6S.C23H25BrN4O5S/c1-3-38-20(34)12-30-24(35)19-14-37-9-8-33(19)13-18-21(26(36)39-4-2)22(16-6-5-15(28)11-17(16)27)32-23(31-18)25-29-7-10-40-25;1-3-5-6-20(33)21-15-32(10-11-36-21)14-19-22(26(34)35-4-2)23(17-8-7-16(28)13-18(17)27)31-24(30-19)25-29-9-12-37-25;1-2-37-24(35)19-16(11-31-6-7-36-12-17(31)22(34)28-10-18(32)33)29-21(23-27-5-8-38-23)30-20(19)14-4-3-13(26)9-15(14)25;1-3-33-23(32)18-16(11-28-10-13(29)9-17(28)22(30)31)26-20(21-25-6-7-34-21)27-19(18)14-5-4-12(2)8-15(14)24/h5-7,10-11,19,22H,3-4,8-9,12-14H2,1-2H3,(H,30,35)(H,31,32);7-9,12-13,21,23H,3-6,10-11,14-15H2,1-2H3,(H,30,31);3-5,8-9,17,20H,2,6-7,10-12H2,1H3,(H,28,34)(H,29,30)(H,32,33);4-8,13,17,19,29H,3,9-11H2,1-2H3,(H,26,27)(H,30,31). The number of rotatable bonds is 36. The fourth-order valence-corrected chi connectivity index (χ4v) is 21.8. The first-order valence-corrected chi connectivity index (χ1v) is 54.3. The molecule has 9 atom stereocenters. The molecule has 8 aliphatic rings. The number of benzene rings is 4. The number of aliphatic imine (C=N–C) groups is 4. The van der Waals surface area contributed by atoms with Gasteiger partial charge in [-0.2, -0.15) is 0 Å². The van der Waals surface area contributed by atoms with E-state index in [4.69, 9.17) is 63.0 Å². The van der Waals surface area contributed by atoms with Crippen LogP contribution in [0.4, 0.5) is 13.2 Å². The van der Waals surface area contributed by atoms with Crippen molar-refractivity contribution in [3.05, 3.63) is 247 Å². The molecule has 9 unspecified atom stereocenters. The van der Waals surface area contributed by atoms with Crippen LogP contribution in [-0.2, 0) is 85.8 Å². The first-order valence-electron chi connectivity index (χ1n) is 47.6. The Balaban J connectivity index is 0.000000166. The first kappa shape index (κ1) is 115. The SMILES string of the molecule is CCCCC(=O)C1CN(CC2=C(C(=O)OCC)C(c3ccc(F)cc3Br)N=C(c3nccs3)N2)CCO1.CCOC(=O)C1=C(CN2CC(O)CC2C(=O)O)NC(c2nccs2)=NC1c1ccc(C)cc1Br.CCOC(=O)C1=C(CN2CCOCC2C(=O)NCC(=O)O)NC(c2nccs2)=NC1c1ccc(F)cc1Br.CCOC(=O)CNC(=O)C1COCCN1CC1=C(C(=O)OCC)C(c2ccc(F)cc2Br)N=C(c2nccs2)N1. The van der Waals surface area contributed by atoms with Gasteiger partial charge in [0.2, 0.25) is 11.8 Å². The zero-order valence-corrected chi connectivity index (χ0v) is 91.4. The topological polar surface area (TPSA) is 491 Å². The molecule has 0 spiro atoms. The fourth-order valence-electron chi connectivity index (χ4n) is 17.0. The largest absolute Gasteiger partial charge is 0.480 e. The number of likely N-dealkylation sites (tertiary alicyclic amines) is 1. The smallest absolute Gasteiger partial charge is 0.338 e. The molecule has 9 N–H and O–H groups in total. The van der Waals surface area contributed by atoms with E-state index in [1.54, 1.807) is 98.2 Å². The molecule has 8 aliphatic heterocycles. The van der Waals surface area contributed by atoms with Crippen LogP contribution in [0.5, 0.6) is 0 Å². The zero-order chi connectivity index (χ0) is 107. The number of carbonyl (C=O) groups is 10. The maximum Gasteiger partial charge on any atom is 0.338 e. The highest BCUT2D eigenvalue weighted by atomic mass is 79.9. The Hall–Kier alpha value is -11.5. The number of β-amino-alcohol motifs (C(OH)–C–C–N with tert-alkyl or cyclic N) is 1. The van der Waals surface area contributed by atoms with Crippen molar-refractivity contribution < 1.29 is 114 Å². The number of aryl methyl sites for hydroxylation is 1. The third kappa shape index (κ3) is 30.3. The Morgan fingerprint density at radius 3 is 1.16 bits per heavy atom. The van der Waals surface area contributed by atoms with Gasteiger partial charge in [-0.25, -0.2) is 52.3 Å². The second-order valence-electron chi connectivity index (χ2n) is 33.9. The summed E-state index contributed by atoms with van der Waals surface area (Å²) in [6.07, 6.45) is 7.76. The van der Waals surface area contributed by atoms with E-state index in [0.29, 0.717) is 166 Å². The molecule has 16 rings (SSSR count). The van der Waals surface area contributed by atoms with Crippen LogP contribution in [0.25, 0.3) is 0 Å². The van der Waals surface area contributed by atoms with Crippen molar-refractivity contribution >= 4 is 192 Å². The summed E-state index contributed by atoms with van der Waals surface area (Å²) >= 11 is 19.4. The number of nitrogens with zero attached hydrogens (tertiary/aromatic N) is 12. The van der Waals surface area contributed by atoms with Gasteiger partial charge in [0.25, 0.3) is 0 Å². The fraction of sp³-hybridized carbons (Fsp3) is 0.414. The number of amidine groups is 4. The lowest BCUT2D eigenvalue weighted by atomic mass is 9.94. The van der Waals surface area contributed by atoms with E-state index >= 15 is 0 Å². The van der Waals surface area contributed by atoms with Crippen molar-refractivity contribution in [2.45, 2.75) is 129 Å². The minimum atomic E-state index is -1.17. The maximum atomic E-state index is 14.0. The number of hydrogen-bond acceptors (Lipinski definition) is 39. The predicted octanol–water partition coefficient (Wildman–Crippen LogP) is 11.2. The summed E-state index contributed by atoms with van der Waals surface area (Å²) in [4.78, 5) is 170. The van der Waals surface area contributed by atoms with E-state index in [0.717, 1.165) is 28.4 Å². The molecule has 0 saturated carbocycles. The third-order valence-electron chi connectivity index (χ3n) is 23.9. The Morgan fingerprint density at radius 2 is 0.819 bits per heavy atom. The number of morpholine rings is 3. The van der Waals surface area contributed by atoms with Crippen molar-refractivity contribution in [3.63, 3.8) is 0 Å². The lowest BCUT2D eigenvalue weighted by Crippen LogP contribution is -2.56. The summed E-state index contributed by atoms with van der Waals surface area (Å²) in [5.74, 6) is -5.24. The second-order valence-corrected chi connectivity index (χ2v) is 40.9. The summed E-state index contributed by atoms with van der Waals surface area (Å²) in [7, 11) is 0. The van der Waals surface area contributed by atoms with Crippen LogP contribution >= 0.6 is 109 Å². The van der Waals surface area contributed by atoms with E-state index in [1.807, 2.05) is 40.8 Å². The number of carboxylic acids is 2. The number of aliphatic hydroxyl groups excluding tert-OH is 1. The molecule has 8 aromatic rings. The van der Waals surface area contributed by atoms with Crippen LogP contribution in [0.3, 0.4) is 0 Å². The Morgan fingerprint density at radius 1 is 0.456 bits per heavy atom. The molecular formula is C99H109Br4F3N18O21S4. The van der Waals surface area contributed by atoms with Crippen LogP contribution in [0.1, 0.15) is 139 Å². The monoisotopic (exact) mass is 2390 g/mol. The number of carboxylic acid groups (broad SMARTS) is 2. The van der Waals surface area contributed by atoms with Gasteiger partial charge in [-0.1, -0.05) is 107 Å². The number of unbranched alkanes of at least 4 members (excludes halogenated alkanes) is 1. The number of carbonyl (C=O) groups excluding carboxylic acids is 8. The van der Waals surface area contributed by atoms with E-state index in [-0.39, 0.29) is 102 Å². The second kappa shape index (κ2) is 55.5. The average Bonchev–Trinajstić information content (AvgIpc) is 1.62. The number of esters is 5. The third-order valence-corrected chi connectivity index (χ3v) is 29.7. The molecular weight excluding hydrogens is 2280 g/mol. The zero-order valence-electron chi connectivity index (χ0n) is 81.8. The highest BCUT2D eigenvalue weighted by molar-refractivity contribution is 9.11. The molecule has 12 heterocycles. The minimum Gasteiger partial charge on any atom is -0.480 e. The predicted molar refractivity (Wildman–Crippen MR) is 561 cm³/mol. The van der Waals surface area contributed by atoms with Crippen molar-refractivity contribution in [2.75, 3.05) is 138 Å². The highest BCUT2D eigenvalue weighted by Gasteiger charge is 2.45. The minimum absolute atomic E-state index is 0.0494. The van der Waals surface area contributed by atoms with Crippen molar-refractivity contribution in [1.29, 1.82) is 0 Å². The Bertz CT molecular complexity index is 6420. The molecule has 4 saturated heterocycles. The lowest BCUT2D eigenvalue weighted by Gasteiger charge is -2.37. The highest BCUT2D eigenvalue weighted by Crippen LogP contribution is 2.44. The molecule has 2 amide bonds. The van der Waals surface area contributed by atoms with E-state index in [2.05, 4.69) is 127 Å². The molecule has 39 nitrogen and oxygen atoms in total. The Labute approximate surface area is 904 Å². The molecule has 0 radical (unpaired) electrons. The normalized spacial score (nSPS) is 20.6. The summed E-state index contributed by atoms with van der Waals surface area (Å²) in [6.45, 7) is 16.5. The number of aromatic nitrogens is 4. The number of ether oxygens (including phenoxy) is 8. The van der Waals surface area contributed by atoms with Crippen LogP contribution in [0.2, 0.25) is 0 Å². The Kier molecular flexibility index (Phi) is 42.7. The molecule has 4 aromatic heterocycles. The summed E-state index contributed by atoms with van der Waals surface area (Å²) in [6, 6.07) is 12.9. The maximum absolute atomic E-state index is 14.0. The molecule has 50 heteroatoms. The number of Topliss-reactive ketones (excluding diaryl/α,β-unsaturated/α-hetero) is 1. The van der Waals surface area contributed by atoms with E-state index in [1.165, 1.54) is 81.7 Å². The molecule has 4 aromatic carbocycles. The van der Waals surface area contributed by atoms with Gasteiger partial charge in [0.05, 0.1) is 94.5 Å². The average molecular weight is 2390 g/mol. The van der Waals surface area contributed by atoms with Gasteiger partial charge in [0, 0.05) is 159 Å². The van der Waals surface area contributed by atoms with Gasteiger partial charge < -0.3 is 85.1 Å². The van der Waals surface area contributed by atoms with Gasteiger partial charge in [-0.05, 0) is 118 Å². The van der Waals surface area contributed by atoms with Crippen molar-refractivity contribution in [3.8, 4) is 0 Å². The van der Waals surface area contributed by atoms with Gasteiger partial charge in [-0.3, -0.25) is 68.3 Å². The van der Waals surface area contributed by atoms with Crippen LogP contribution in [0.15, 0.2) is 202 Å². The molecule has 0 bridgehead atoms. The molecule has 0 aliphatic carbocycles. The number of amides is 2. The number of halogens is 7. The van der Waals surface area contributed by atoms with Crippen LogP contribution < -0.4 is 31.9 Å². The summed E-state index contributed by atoms with van der Waals surface area (Å²) < 4.78 is 87.3. The van der Waals surface area contributed by atoms with Crippen LogP contribution in [-0.4, -0.2) is 306 Å². The number of aliphatic carboxylic acids is 2. The van der Waals surface area contributed by atoms with Gasteiger partial charge in [0.1, 0.15) is 78.9 Å². The van der Waals surface area contributed by atoms with Crippen LogP contribution in [0, 0.1) is 24.4 Å². The number of aliphatic hydroxyl groups is 1. The quantitative estimate of drug-likeness (QED) is 0.0130. The van der Waals surface area contributed by atoms with Crippen molar-refractivity contribution in [1.82, 2.24) is 71.4 Å². The first-order chi connectivity index (χ1) is 71.8. The van der Waals surface area contributed by atoms with E-state index < -0.39 is 132 Å². The number of hydrogen-bond donors (Lipinski definition) is 9. The molecule has 794 valence electrons. The van der Waals surface area contributed by atoms with E-state index in [9.17, 15) is 71.3 Å². The number of thiazole rings is 4. The summed E-state index contributed by atoms with van der Waals surface area (Å²) in [5.41, 5.74) is 6.62. The molecule has 4 fully saturated rings. The molecule has 149 heavy (non-hydrogen) atoms.